The third kappa shape index (κ3) is 4.53. The number of aryl methyl sites for hydroxylation is 1. The van der Waals surface area contributed by atoms with Crippen LogP contribution in [0.1, 0.15) is 36.1 Å². The first kappa shape index (κ1) is 21.2. The van der Waals surface area contributed by atoms with Crippen LogP contribution < -0.4 is 10.2 Å². The number of likely N-dealkylation sites (tertiary alicyclic amines) is 1. The number of nitrogens with zero attached hydrogens (tertiary/aromatic N) is 3. The van der Waals surface area contributed by atoms with Gasteiger partial charge in [-0.1, -0.05) is 42.5 Å². The van der Waals surface area contributed by atoms with Gasteiger partial charge < -0.3 is 20.0 Å². The Hall–Kier alpha value is -3.02. The lowest BCUT2D eigenvalue weighted by Crippen LogP contribution is -2.54. The Kier molecular flexibility index (Phi) is 6.16. The van der Waals surface area contributed by atoms with Crippen molar-refractivity contribution in [1.82, 2.24) is 15.1 Å². The molecule has 0 aromatic heterocycles. The normalized spacial score (nSPS) is 20.2. The number of urea groups is 1. The van der Waals surface area contributed by atoms with E-state index in [2.05, 4.69) is 42.3 Å². The van der Waals surface area contributed by atoms with Crippen molar-refractivity contribution >= 4 is 17.6 Å². The first-order chi connectivity index (χ1) is 14.9. The second kappa shape index (κ2) is 9.00. The summed E-state index contributed by atoms with van der Waals surface area (Å²) in [6.45, 7) is 9.90. The average molecular weight is 421 g/mol. The SMILES string of the molecule is Cc1cccc(N2CCN(C(=O)NC3CC(=O)N(C(C)c4ccccc4)C3)CC2)c1C. The van der Waals surface area contributed by atoms with Crippen molar-refractivity contribution in [3.8, 4) is 0 Å². The summed E-state index contributed by atoms with van der Waals surface area (Å²) in [6.07, 6.45) is 0.366. The van der Waals surface area contributed by atoms with E-state index in [0.29, 0.717) is 26.1 Å². The van der Waals surface area contributed by atoms with Gasteiger partial charge in [0.25, 0.3) is 0 Å². The van der Waals surface area contributed by atoms with Crippen molar-refractivity contribution in [2.75, 3.05) is 37.6 Å². The number of anilines is 1. The summed E-state index contributed by atoms with van der Waals surface area (Å²) < 4.78 is 0. The van der Waals surface area contributed by atoms with Crippen LogP contribution in [0.15, 0.2) is 48.5 Å². The molecule has 31 heavy (non-hydrogen) atoms. The highest BCUT2D eigenvalue weighted by Gasteiger charge is 2.35. The van der Waals surface area contributed by atoms with Crippen LogP contribution in [0.3, 0.4) is 0 Å². The third-order valence-electron chi connectivity index (χ3n) is 6.72. The molecule has 0 saturated carbocycles. The number of hydrogen-bond acceptors (Lipinski definition) is 3. The first-order valence-corrected chi connectivity index (χ1v) is 11.1. The highest BCUT2D eigenvalue weighted by Crippen LogP contribution is 2.26. The van der Waals surface area contributed by atoms with Crippen LogP contribution in [0.4, 0.5) is 10.5 Å². The van der Waals surface area contributed by atoms with Gasteiger partial charge in [-0.05, 0) is 43.5 Å². The zero-order valence-electron chi connectivity index (χ0n) is 18.7. The van der Waals surface area contributed by atoms with E-state index in [0.717, 1.165) is 18.7 Å². The number of nitrogens with one attached hydrogen (secondary N) is 1. The number of amides is 3. The Morgan fingerprint density at radius 2 is 1.71 bits per heavy atom. The first-order valence-electron chi connectivity index (χ1n) is 11.1. The van der Waals surface area contributed by atoms with Crippen LogP contribution in [0.25, 0.3) is 0 Å². The molecule has 2 aliphatic heterocycles. The Labute approximate surface area is 184 Å². The van der Waals surface area contributed by atoms with Crippen LogP contribution in [0.2, 0.25) is 0 Å². The summed E-state index contributed by atoms with van der Waals surface area (Å²) in [5, 5.41) is 3.10. The molecule has 2 unspecified atom stereocenters. The van der Waals surface area contributed by atoms with Crippen LogP contribution >= 0.6 is 0 Å². The van der Waals surface area contributed by atoms with Crippen LogP contribution in [-0.2, 0) is 4.79 Å². The van der Waals surface area contributed by atoms with Crippen LogP contribution in [0.5, 0.6) is 0 Å². The lowest BCUT2D eigenvalue weighted by molar-refractivity contribution is -0.129. The minimum atomic E-state index is -0.136. The van der Waals surface area contributed by atoms with Crippen LogP contribution in [0, 0.1) is 13.8 Å². The fraction of sp³-hybridized carbons (Fsp3) is 0.440. The molecule has 0 bridgehead atoms. The standard InChI is InChI=1S/C25H32N4O2/c1-18-8-7-11-23(19(18)2)27-12-14-28(15-13-27)25(31)26-22-16-24(30)29(17-22)20(3)21-9-5-4-6-10-21/h4-11,20,22H,12-17H2,1-3H3,(H,26,31). The Morgan fingerprint density at radius 1 is 1.00 bits per heavy atom. The predicted molar refractivity (Wildman–Crippen MR) is 123 cm³/mol. The van der Waals surface area contributed by atoms with Gasteiger partial charge in [0, 0.05) is 44.8 Å². The van der Waals surface area contributed by atoms with Gasteiger partial charge in [0.2, 0.25) is 5.91 Å². The highest BCUT2D eigenvalue weighted by atomic mass is 16.2. The summed E-state index contributed by atoms with van der Waals surface area (Å²) in [4.78, 5) is 31.5. The molecular formula is C25H32N4O2. The second-order valence-corrected chi connectivity index (χ2v) is 8.68. The van der Waals surface area contributed by atoms with Gasteiger partial charge >= 0.3 is 6.03 Å². The lowest BCUT2D eigenvalue weighted by Gasteiger charge is -2.37. The molecule has 3 amide bonds. The molecule has 2 fully saturated rings. The largest absolute Gasteiger partial charge is 0.368 e. The summed E-state index contributed by atoms with van der Waals surface area (Å²) in [5.41, 5.74) is 4.97. The molecule has 0 aliphatic carbocycles. The Bertz CT molecular complexity index is 938. The Balaban J connectivity index is 1.30. The smallest absolute Gasteiger partial charge is 0.317 e. The molecule has 0 spiro atoms. The number of carbonyl (C=O) groups excluding carboxylic acids is 2. The number of benzene rings is 2. The molecule has 6 nitrogen and oxygen atoms in total. The topological polar surface area (TPSA) is 55.9 Å². The Morgan fingerprint density at radius 3 is 2.42 bits per heavy atom. The molecule has 2 aromatic rings. The van der Waals surface area contributed by atoms with Crippen molar-refractivity contribution < 1.29 is 9.59 Å². The van der Waals surface area contributed by atoms with E-state index in [1.165, 1.54) is 16.8 Å². The fourth-order valence-electron chi connectivity index (χ4n) is 4.61. The number of rotatable bonds is 4. The van der Waals surface area contributed by atoms with Gasteiger partial charge in [-0.25, -0.2) is 4.79 Å². The quantitative estimate of drug-likeness (QED) is 0.824. The zero-order chi connectivity index (χ0) is 22.0. The molecule has 4 rings (SSSR count). The highest BCUT2D eigenvalue weighted by molar-refractivity contribution is 5.82. The molecule has 2 aromatic carbocycles. The van der Waals surface area contributed by atoms with E-state index in [4.69, 9.17) is 0 Å². The second-order valence-electron chi connectivity index (χ2n) is 8.68. The molecular weight excluding hydrogens is 388 g/mol. The molecule has 164 valence electrons. The van der Waals surface area contributed by atoms with E-state index >= 15 is 0 Å². The lowest BCUT2D eigenvalue weighted by atomic mass is 10.1. The summed E-state index contributed by atoms with van der Waals surface area (Å²) in [6, 6.07) is 16.2. The molecule has 2 saturated heterocycles. The maximum atomic E-state index is 12.8. The molecule has 6 heteroatoms. The van der Waals surface area contributed by atoms with E-state index in [-0.39, 0.29) is 24.0 Å². The molecule has 2 atom stereocenters. The molecule has 1 N–H and O–H groups in total. The predicted octanol–water partition coefficient (Wildman–Crippen LogP) is 3.50. The van der Waals surface area contributed by atoms with Gasteiger partial charge in [-0.2, -0.15) is 0 Å². The fourth-order valence-corrected chi connectivity index (χ4v) is 4.61. The van der Waals surface area contributed by atoms with Gasteiger partial charge in [0.1, 0.15) is 0 Å². The molecule has 0 radical (unpaired) electrons. The molecule has 2 heterocycles. The number of hydrogen-bond donors (Lipinski definition) is 1. The monoisotopic (exact) mass is 420 g/mol. The molecule has 2 aliphatic rings. The van der Waals surface area contributed by atoms with Gasteiger partial charge in [0.15, 0.2) is 0 Å². The summed E-state index contributed by atoms with van der Waals surface area (Å²) >= 11 is 0. The van der Waals surface area contributed by atoms with E-state index in [1.807, 2.05) is 47.1 Å². The maximum Gasteiger partial charge on any atom is 0.317 e. The van der Waals surface area contributed by atoms with Crippen molar-refractivity contribution in [3.05, 3.63) is 65.2 Å². The van der Waals surface area contributed by atoms with Crippen molar-refractivity contribution in [1.29, 1.82) is 0 Å². The van der Waals surface area contributed by atoms with Crippen molar-refractivity contribution in [3.63, 3.8) is 0 Å². The number of carbonyl (C=O) groups is 2. The van der Waals surface area contributed by atoms with Gasteiger partial charge in [-0.3, -0.25) is 4.79 Å². The third-order valence-corrected chi connectivity index (χ3v) is 6.72. The van der Waals surface area contributed by atoms with Crippen molar-refractivity contribution in [2.24, 2.45) is 0 Å². The van der Waals surface area contributed by atoms with E-state index in [9.17, 15) is 9.59 Å². The zero-order valence-corrected chi connectivity index (χ0v) is 18.7. The minimum absolute atomic E-state index is 0.0108. The average Bonchev–Trinajstić information content (AvgIpc) is 3.15. The summed E-state index contributed by atoms with van der Waals surface area (Å²) in [5.74, 6) is 0.0985. The maximum absolute atomic E-state index is 12.8. The van der Waals surface area contributed by atoms with Gasteiger partial charge in [-0.15, -0.1) is 0 Å². The van der Waals surface area contributed by atoms with Gasteiger partial charge in [0.05, 0.1) is 12.1 Å². The minimum Gasteiger partial charge on any atom is -0.368 e. The van der Waals surface area contributed by atoms with E-state index < -0.39 is 0 Å². The summed E-state index contributed by atoms with van der Waals surface area (Å²) in [7, 11) is 0. The van der Waals surface area contributed by atoms with Crippen molar-refractivity contribution in [2.45, 2.75) is 39.3 Å². The van der Waals surface area contributed by atoms with E-state index in [1.54, 1.807) is 0 Å². The van der Waals surface area contributed by atoms with Crippen LogP contribution in [-0.4, -0.2) is 60.5 Å². The number of piperazine rings is 1.